The highest BCUT2D eigenvalue weighted by Crippen LogP contribution is 1.99. The van der Waals surface area contributed by atoms with Crippen molar-refractivity contribution in [1.82, 2.24) is 0 Å². The van der Waals surface area contributed by atoms with Crippen molar-refractivity contribution in [2.24, 2.45) is 0 Å². The Bertz CT molecular complexity index is 260. The molecule has 0 aromatic carbocycles. The van der Waals surface area contributed by atoms with Gasteiger partial charge in [0, 0.05) is 18.8 Å². The summed E-state index contributed by atoms with van der Waals surface area (Å²) in [7, 11) is 1.23. The minimum atomic E-state index is -0.876. The van der Waals surface area contributed by atoms with Crippen LogP contribution in [0.5, 0.6) is 0 Å². The van der Waals surface area contributed by atoms with Gasteiger partial charge in [-0.2, -0.15) is 0 Å². The zero-order valence-electron chi connectivity index (χ0n) is 10.7. The molecule has 5 nitrogen and oxygen atoms in total. The Kier molecular flexibility index (Phi) is 8.05. The molecule has 1 atom stereocenters. The van der Waals surface area contributed by atoms with Crippen LogP contribution in [0.3, 0.4) is 0 Å². The van der Waals surface area contributed by atoms with Crippen LogP contribution in [0.2, 0.25) is 0 Å². The van der Waals surface area contributed by atoms with E-state index in [1.807, 2.05) is 0 Å². The first kappa shape index (κ1) is 15.6. The van der Waals surface area contributed by atoms with Crippen LogP contribution in [0.25, 0.3) is 0 Å². The van der Waals surface area contributed by atoms with Gasteiger partial charge in [-0.25, -0.2) is 9.59 Å². The first-order valence-electron chi connectivity index (χ1n) is 5.51. The van der Waals surface area contributed by atoms with Crippen molar-refractivity contribution < 1.29 is 23.8 Å². The lowest BCUT2D eigenvalue weighted by Gasteiger charge is -2.09. The standard InChI is InChI=1S/C8H12O4.C4H8O/c1-5(2)7(9)12-6(3)8(10)11-4;1-2-4-5-3-1/h6H,1H2,2-4H3;1-4H2. The maximum Gasteiger partial charge on any atom is 0.346 e. The molecule has 17 heavy (non-hydrogen) atoms. The first-order chi connectivity index (χ1) is 7.99. The van der Waals surface area contributed by atoms with Gasteiger partial charge in [0.2, 0.25) is 0 Å². The number of esters is 2. The van der Waals surface area contributed by atoms with Gasteiger partial charge in [0.25, 0.3) is 0 Å². The molecule has 0 bridgehead atoms. The molecular weight excluding hydrogens is 224 g/mol. The first-order valence-corrected chi connectivity index (χ1v) is 5.51. The molecule has 98 valence electrons. The Morgan fingerprint density at radius 1 is 1.29 bits per heavy atom. The lowest BCUT2D eigenvalue weighted by molar-refractivity contribution is -0.162. The summed E-state index contributed by atoms with van der Waals surface area (Å²) >= 11 is 0. The van der Waals surface area contributed by atoms with Crippen molar-refractivity contribution in [3.8, 4) is 0 Å². The third-order valence-corrected chi connectivity index (χ3v) is 1.99. The number of hydrogen-bond donors (Lipinski definition) is 0. The molecule has 1 unspecified atom stereocenters. The van der Waals surface area contributed by atoms with Crippen LogP contribution in [0.4, 0.5) is 0 Å². The Morgan fingerprint density at radius 2 is 1.82 bits per heavy atom. The molecule has 0 radical (unpaired) electrons. The van der Waals surface area contributed by atoms with E-state index in [-0.39, 0.29) is 5.57 Å². The summed E-state index contributed by atoms with van der Waals surface area (Å²) in [6.45, 7) is 8.31. The smallest absolute Gasteiger partial charge is 0.346 e. The quantitative estimate of drug-likeness (QED) is 0.555. The number of carbonyl (C=O) groups is 2. The minimum absolute atomic E-state index is 0.255. The highest BCUT2D eigenvalue weighted by Gasteiger charge is 2.17. The third kappa shape index (κ3) is 7.52. The Morgan fingerprint density at radius 3 is 2.12 bits per heavy atom. The summed E-state index contributed by atoms with van der Waals surface area (Å²) < 4.78 is 13.9. The molecular formula is C12H20O5. The minimum Gasteiger partial charge on any atom is -0.466 e. The fourth-order valence-corrected chi connectivity index (χ4v) is 0.986. The molecule has 0 spiro atoms. The number of carbonyl (C=O) groups excluding carboxylic acids is 2. The third-order valence-electron chi connectivity index (χ3n) is 1.99. The fraction of sp³-hybridized carbons (Fsp3) is 0.667. The van der Waals surface area contributed by atoms with Gasteiger partial charge in [-0.3, -0.25) is 0 Å². The highest BCUT2D eigenvalue weighted by molar-refractivity contribution is 5.89. The second-order valence-electron chi connectivity index (χ2n) is 3.67. The van der Waals surface area contributed by atoms with E-state index in [1.165, 1.54) is 33.8 Å². The van der Waals surface area contributed by atoms with Crippen LogP contribution >= 0.6 is 0 Å². The van der Waals surface area contributed by atoms with Gasteiger partial charge in [-0.15, -0.1) is 0 Å². The van der Waals surface area contributed by atoms with Crippen molar-refractivity contribution in [3.63, 3.8) is 0 Å². The molecule has 0 amide bonds. The van der Waals surface area contributed by atoms with Gasteiger partial charge in [-0.1, -0.05) is 6.58 Å². The van der Waals surface area contributed by atoms with Crippen molar-refractivity contribution in [3.05, 3.63) is 12.2 Å². The van der Waals surface area contributed by atoms with E-state index < -0.39 is 18.0 Å². The number of ether oxygens (including phenoxy) is 3. The monoisotopic (exact) mass is 244 g/mol. The summed E-state index contributed by atoms with van der Waals surface area (Å²) in [4.78, 5) is 21.6. The van der Waals surface area contributed by atoms with Crippen molar-refractivity contribution in [2.75, 3.05) is 20.3 Å². The molecule has 5 heteroatoms. The molecule has 1 saturated heterocycles. The Hall–Kier alpha value is -1.36. The van der Waals surface area contributed by atoms with Crippen LogP contribution in [0.1, 0.15) is 26.7 Å². The summed E-state index contributed by atoms with van der Waals surface area (Å²) in [5.41, 5.74) is 0.255. The number of hydrogen-bond acceptors (Lipinski definition) is 5. The molecule has 0 N–H and O–H groups in total. The van der Waals surface area contributed by atoms with Crippen LogP contribution in [0, 0.1) is 0 Å². The van der Waals surface area contributed by atoms with E-state index in [2.05, 4.69) is 16.1 Å². The average molecular weight is 244 g/mol. The van der Waals surface area contributed by atoms with Crippen LogP contribution in [0.15, 0.2) is 12.2 Å². The molecule has 1 fully saturated rings. The number of methoxy groups -OCH3 is 1. The largest absolute Gasteiger partial charge is 0.466 e. The van der Waals surface area contributed by atoms with E-state index in [1.54, 1.807) is 0 Å². The molecule has 1 aliphatic heterocycles. The van der Waals surface area contributed by atoms with Gasteiger partial charge in [0.05, 0.1) is 7.11 Å². The Balaban J connectivity index is 0.000000419. The van der Waals surface area contributed by atoms with E-state index in [0.717, 1.165) is 13.2 Å². The molecule has 1 heterocycles. The van der Waals surface area contributed by atoms with Gasteiger partial charge in [0.15, 0.2) is 6.10 Å². The van der Waals surface area contributed by atoms with E-state index >= 15 is 0 Å². The van der Waals surface area contributed by atoms with Gasteiger partial charge in [-0.05, 0) is 26.7 Å². The van der Waals surface area contributed by atoms with Crippen molar-refractivity contribution in [2.45, 2.75) is 32.8 Å². The van der Waals surface area contributed by atoms with Gasteiger partial charge < -0.3 is 14.2 Å². The maximum absolute atomic E-state index is 10.8. The van der Waals surface area contributed by atoms with Crippen LogP contribution in [-0.2, 0) is 23.8 Å². The maximum atomic E-state index is 10.8. The Labute approximate surface area is 102 Å². The van der Waals surface area contributed by atoms with Crippen LogP contribution in [-0.4, -0.2) is 38.4 Å². The predicted molar refractivity (Wildman–Crippen MR) is 62.4 cm³/mol. The molecule has 1 aliphatic rings. The highest BCUT2D eigenvalue weighted by atomic mass is 16.6. The summed E-state index contributed by atoms with van der Waals surface area (Å²) in [6, 6.07) is 0. The molecule has 0 aromatic heterocycles. The molecule has 0 aliphatic carbocycles. The summed E-state index contributed by atoms with van der Waals surface area (Å²) in [5, 5.41) is 0. The molecule has 1 rings (SSSR count). The normalized spacial score (nSPS) is 15.2. The van der Waals surface area contributed by atoms with E-state index in [0.29, 0.717) is 0 Å². The van der Waals surface area contributed by atoms with Gasteiger partial charge >= 0.3 is 11.9 Å². The molecule has 0 aromatic rings. The zero-order valence-corrected chi connectivity index (χ0v) is 10.7. The van der Waals surface area contributed by atoms with Gasteiger partial charge in [0.1, 0.15) is 0 Å². The van der Waals surface area contributed by atoms with Crippen molar-refractivity contribution >= 4 is 11.9 Å². The van der Waals surface area contributed by atoms with Crippen molar-refractivity contribution in [1.29, 1.82) is 0 Å². The lowest BCUT2D eigenvalue weighted by Crippen LogP contribution is -2.25. The zero-order chi connectivity index (χ0) is 13.3. The topological polar surface area (TPSA) is 61.8 Å². The fourth-order valence-electron chi connectivity index (χ4n) is 0.986. The van der Waals surface area contributed by atoms with E-state index in [9.17, 15) is 9.59 Å². The summed E-state index contributed by atoms with van der Waals surface area (Å²) in [6.07, 6.45) is 1.68. The predicted octanol–water partition coefficient (Wildman–Crippen LogP) is 1.46. The SMILES string of the molecule is C1CCOC1.C=C(C)C(=O)OC(C)C(=O)OC. The molecule has 0 saturated carbocycles. The van der Waals surface area contributed by atoms with E-state index in [4.69, 9.17) is 4.74 Å². The van der Waals surface area contributed by atoms with Crippen LogP contribution < -0.4 is 0 Å². The second-order valence-corrected chi connectivity index (χ2v) is 3.67. The lowest BCUT2D eigenvalue weighted by atomic mass is 10.3. The second kappa shape index (κ2) is 8.75. The summed E-state index contributed by atoms with van der Waals surface area (Å²) in [5.74, 6) is -1.17. The number of rotatable bonds is 3. The average Bonchev–Trinajstić information content (AvgIpc) is 2.86.